The molecule has 0 aliphatic heterocycles. The minimum absolute atomic E-state index is 0.158. The summed E-state index contributed by atoms with van der Waals surface area (Å²) in [6.45, 7) is 0. The molecular formula is C12H10N6O3. The first-order valence-corrected chi connectivity index (χ1v) is 5.55. The lowest BCUT2D eigenvalue weighted by Crippen LogP contribution is -2.07. The smallest absolute Gasteiger partial charge is 0.410 e. The SMILES string of the molecule is O=C(O)Nc1ccccn1.[N-]=[N+]=NC(=O)c1ccccn1. The van der Waals surface area contributed by atoms with Crippen molar-refractivity contribution in [2.24, 2.45) is 5.11 Å². The van der Waals surface area contributed by atoms with E-state index < -0.39 is 12.0 Å². The largest absolute Gasteiger partial charge is 0.465 e. The predicted molar refractivity (Wildman–Crippen MR) is 73.6 cm³/mol. The number of azide groups is 1. The van der Waals surface area contributed by atoms with E-state index in [4.69, 9.17) is 10.6 Å². The number of aromatic nitrogens is 2. The maximum absolute atomic E-state index is 10.8. The maximum Gasteiger partial charge on any atom is 0.410 e. The molecule has 2 rings (SSSR count). The van der Waals surface area contributed by atoms with Gasteiger partial charge in [-0.3, -0.25) is 15.1 Å². The molecule has 0 aliphatic carbocycles. The maximum atomic E-state index is 10.8. The Balaban J connectivity index is 0.000000211. The van der Waals surface area contributed by atoms with E-state index in [0.29, 0.717) is 5.82 Å². The normalized spacial score (nSPS) is 8.57. The first kappa shape index (κ1) is 15.6. The van der Waals surface area contributed by atoms with E-state index >= 15 is 0 Å². The third-order valence-electron chi connectivity index (χ3n) is 1.92. The highest BCUT2D eigenvalue weighted by molar-refractivity contribution is 5.92. The molecule has 0 fully saturated rings. The molecule has 0 bridgehead atoms. The van der Waals surface area contributed by atoms with Gasteiger partial charge >= 0.3 is 6.09 Å². The number of carbonyl (C=O) groups is 2. The predicted octanol–water partition coefficient (Wildman–Crippen LogP) is 2.70. The number of hydrogen-bond donors (Lipinski definition) is 2. The number of carboxylic acid groups (broad SMARTS) is 1. The average molecular weight is 286 g/mol. The van der Waals surface area contributed by atoms with Crippen LogP contribution in [0.5, 0.6) is 0 Å². The number of rotatable bonds is 2. The monoisotopic (exact) mass is 286 g/mol. The van der Waals surface area contributed by atoms with Crippen molar-refractivity contribution in [2.45, 2.75) is 0 Å². The van der Waals surface area contributed by atoms with Crippen molar-refractivity contribution in [3.05, 3.63) is 64.9 Å². The highest BCUT2D eigenvalue weighted by Gasteiger charge is 2.00. The van der Waals surface area contributed by atoms with Crippen molar-refractivity contribution >= 4 is 17.8 Å². The average Bonchev–Trinajstić information content (AvgIpc) is 2.49. The lowest BCUT2D eigenvalue weighted by Gasteiger charge is -1.95. The Bertz CT molecular complexity index is 641. The topological polar surface area (TPSA) is 141 Å². The number of nitrogens with one attached hydrogen (secondary N) is 1. The fourth-order valence-electron chi connectivity index (χ4n) is 1.13. The lowest BCUT2D eigenvalue weighted by molar-refractivity contribution is 0.0995. The van der Waals surface area contributed by atoms with Crippen LogP contribution >= 0.6 is 0 Å². The van der Waals surface area contributed by atoms with Crippen LogP contribution in [0.3, 0.4) is 0 Å². The molecule has 0 unspecified atom stereocenters. The molecular weight excluding hydrogens is 276 g/mol. The van der Waals surface area contributed by atoms with Crippen LogP contribution in [-0.4, -0.2) is 27.1 Å². The second-order valence-electron chi connectivity index (χ2n) is 3.35. The molecule has 2 aromatic heterocycles. The lowest BCUT2D eigenvalue weighted by atomic mass is 10.3. The quantitative estimate of drug-likeness (QED) is 0.496. The van der Waals surface area contributed by atoms with E-state index in [9.17, 15) is 9.59 Å². The Labute approximate surface area is 118 Å². The zero-order valence-electron chi connectivity index (χ0n) is 10.6. The summed E-state index contributed by atoms with van der Waals surface area (Å²) in [5, 5.41) is 13.2. The van der Waals surface area contributed by atoms with Crippen LogP contribution < -0.4 is 5.32 Å². The third-order valence-corrected chi connectivity index (χ3v) is 1.92. The molecule has 2 heterocycles. The number of carbonyl (C=O) groups excluding carboxylic acids is 1. The van der Waals surface area contributed by atoms with Gasteiger partial charge in [-0.1, -0.05) is 12.1 Å². The Hall–Kier alpha value is -3.45. The van der Waals surface area contributed by atoms with Gasteiger partial charge in [0, 0.05) is 17.3 Å². The summed E-state index contributed by atoms with van der Waals surface area (Å²) < 4.78 is 0. The zero-order valence-corrected chi connectivity index (χ0v) is 10.6. The van der Waals surface area contributed by atoms with Crippen molar-refractivity contribution in [2.75, 3.05) is 5.32 Å². The van der Waals surface area contributed by atoms with E-state index in [0.717, 1.165) is 0 Å². The Morgan fingerprint density at radius 3 is 2.29 bits per heavy atom. The summed E-state index contributed by atoms with van der Waals surface area (Å²) in [7, 11) is 0. The van der Waals surface area contributed by atoms with Gasteiger partial charge in [0.1, 0.15) is 11.5 Å². The van der Waals surface area contributed by atoms with E-state index in [1.807, 2.05) is 0 Å². The molecule has 9 nitrogen and oxygen atoms in total. The highest BCUT2D eigenvalue weighted by Crippen LogP contribution is 1.98. The van der Waals surface area contributed by atoms with E-state index in [1.54, 1.807) is 30.3 Å². The summed E-state index contributed by atoms with van der Waals surface area (Å²) >= 11 is 0. The Morgan fingerprint density at radius 2 is 1.81 bits per heavy atom. The van der Waals surface area contributed by atoms with Gasteiger partial charge < -0.3 is 5.11 Å². The van der Waals surface area contributed by atoms with Crippen LogP contribution in [0.25, 0.3) is 10.4 Å². The van der Waals surface area contributed by atoms with Gasteiger partial charge in [0.2, 0.25) is 0 Å². The van der Waals surface area contributed by atoms with Crippen LogP contribution in [0.4, 0.5) is 10.6 Å². The molecule has 106 valence electrons. The van der Waals surface area contributed by atoms with Gasteiger partial charge in [-0.2, -0.15) is 0 Å². The summed E-state index contributed by atoms with van der Waals surface area (Å²) in [5.74, 6) is -0.317. The Kier molecular flexibility index (Phi) is 6.40. The minimum Gasteiger partial charge on any atom is -0.465 e. The number of nitrogens with zero attached hydrogens (tertiary/aromatic N) is 5. The first-order valence-electron chi connectivity index (χ1n) is 5.55. The van der Waals surface area contributed by atoms with E-state index in [1.165, 1.54) is 18.5 Å². The van der Waals surface area contributed by atoms with Crippen LogP contribution in [0.1, 0.15) is 10.5 Å². The van der Waals surface area contributed by atoms with Crippen molar-refractivity contribution < 1.29 is 14.7 Å². The van der Waals surface area contributed by atoms with Crippen LogP contribution in [0, 0.1) is 0 Å². The Morgan fingerprint density at radius 1 is 1.14 bits per heavy atom. The van der Waals surface area contributed by atoms with Crippen molar-refractivity contribution in [3.63, 3.8) is 0 Å². The van der Waals surface area contributed by atoms with Gasteiger partial charge in [0.05, 0.1) is 0 Å². The molecule has 2 amide bonds. The van der Waals surface area contributed by atoms with Gasteiger partial charge in [-0.25, -0.2) is 9.78 Å². The molecule has 0 atom stereocenters. The molecule has 2 aromatic rings. The van der Waals surface area contributed by atoms with Crippen LogP contribution in [-0.2, 0) is 0 Å². The molecule has 0 aromatic carbocycles. The van der Waals surface area contributed by atoms with Gasteiger partial charge in [-0.15, -0.1) is 0 Å². The summed E-state index contributed by atoms with van der Waals surface area (Å²) in [4.78, 5) is 30.5. The standard InChI is InChI=1S/C6H4N4O.C6H6N2O2/c7-10-9-6(11)5-3-1-2-4-8-5;9-6(10)8-5-3-1-2-4-7-5/h1-4H;1-4H,(H,7,8)(H,9,10). The summed E-state index contributed by atoms with van der Waals surface area (Å²) in [6, 6.07) is 9.80. The van der Waals surface area contributed by atoms with Gasteiger partial charge in [0.25, 0.3) is 5.91 Å². The molecule has 0 saturated carbocycles. The molecule has 9 heteroatoms. The second-order valence-corrected chi connectivity index (χ2v) is 3.35. The molecule has 21 heavy (non-hydrogen) atoms. The molecule has 0 spiro atoms. The fourth-order valence-corrected chi connectivity index (χ4v) is 1.13. The van der Waals surface area contributed by atoms with Crippen LogP contribution in [0.15, 0.2) is 53.9 Å². The van der Waals surface area contributed by atoms with Gasteiger partial charge in [-0.05, 0) is 34.9 Å². The fraction of sp³-hybridized carbons (Fsp3) is 0. The van der Waals surface area contributed by atoms with Gasteiger partial charge in [0.15, 0.2) is 0 Å². The zero-order chi connectivity index (χ0) is 15.5. The highest BCUT2D eigenvalue weighted by atomic mass is 16.4. The third kappa shape index (κ3) is 6.32. The summed E-state index contributed by atoms with van der Waals surface area (Å²) in [6.07, 6.45) is 1.88. The molecule has 2 N–H and O–H groups in total. The molecule has 0 aliphatic rings. The van der Waals surface area contributed by atoms with Crippen molar-refractivity contribution in [1.29, 1.82) is 0 Å². The molecule has 0 saturated heterocycles. The first-order chi connectivity index (χ1) is 10.1. The van der Waals surface area contributed by atoms with E-state index in [2.05, 4.69) is 25.3 Å². The van der Waals surface area contributed by atoms with E-state index in [-0.39, 0.29) is 5.69 Å². The number of pyridine rings is 2. The minimum atomic E-state index is -1.10. The number of amides is 2. The number of hydrogen-bond acceptors (Lipinski definition) is 4. The van der Waals surface area contributed by atoms with Crippen molar-refractivity contribution in [1.82, 2.24) is 9.97 Å². The number of anilines is 1. The van der Waals surface area contributed by atoms with Crippen LogP contribution in [0.2, 0.25) is 0 Å². The second kappa shape index (κ2) is 8.62. The molecule has 0 radical (unpaired) electrons. The summed E-state index contributed by atoms with van der Waals surface area (Å²) in [5.41, 5.74) is 8.07. The van der Waals surface area contributed by atoms with Crippen molar-refractivity contribution in [3.8, 4) is 0 Å².